The molecular formula is C20H25FN4O3. The molecule has 2 saturated heterocycles. The molecule has 1 aromatic heterocycles. The second-order valence-corrected chi connectivity index (χ2v) is 7.20. The van der Waals surface area contributed by atoms with Gasteiger partial charge in [-0.1, -0.05) is 6.07 Å². The van der Waals surface area contributed by atoms with Crippen LogP contribution < -0.4 is 0 Å². The number of hydrogen-bond acceptors (Lipinski definition) is 6. The van der Waals surface area contributed by atoms with Gasteiger partial charge < -0.3 is 14.1 Å². The Labute approximate surface area is 163 Å². The second-order valence-electron chi connectivity index (χ2n) is 7.20. The molecule has 1 aromatic carbocycles. The fourth-order valence-electron chi connectivity index (χ4n) is 3.57. The van der Waals surface area contributed by atoms with E-state index in [1.54, 1.807) is 18.4 Å². The summed E-state index contributed by atoms with van der Waals surface area (Å²) in [6.07, 6.45) is 1.63. The second kappa shape index (κ2) is 8.81. The van der Waals surface area contributed by atoms with E-state index >= 15 is 0 Å². The quantitative estimate of drug-likeness (QED) is 0.773. The van der Waals surface area contributed by atoms with Gasteiger partial charge in [-0.2, -0.15) is 0 Å². The molecule has 0 atom stereocenters. The summed E-state index contributed by atoms with van der Waals surface area (Å²) < 4.78 is 24.2. The number of benzene rings is 1. The zero-order valence-corrected chi connectivity index (χ0v) is 15.8. The smallest absolute Gasteiger partial charge is 0.236 e. The largest absolute Gasteiger partial charge is 0.444 e. The first-order valence-electron chi connectivity index (χ1n) is 9.68. The van der Waals surface area contributed by atoms with Crippen LogP contribution in [0.3, 0.4) is 0 Å². The molecule has 4 rings (SSSR count). The maximum Gasteiger partial charge on any atom is 0.236 e. The minimum Gasteiger partial charge on any atom is -0.444 e. The Bertz CT molecular complexity index is 798. The van der Waals surface area contributed by atoms with Crippen LogP contribution in [0.15, 0.2) is 34.9 Å². The van der Waals surface area contributed by atoms with Crippen molar-refractivity contribution in [1.82, 2.24) is 19.7 Å². The lowest BCUT2D eigenvalue weighted by Gasteiger charge is -2.35. The molecule has 2 fully saturated rings. The van der Waals surface area contributed by atoms with Gasteiger partial charge in [0.1, 0.15) is 12.1 Å². The molecule has 7 nitrogen and oxygen atoms in total. The predicted octanol–water partition coefficient (Wildman–Crippen LogP) is 1.46. The van der Waals surface area contributed by atoms with E-state index < -0.39 is 0 Å². The molecule has 1 amide bonds. The number of rotatable bonds is 5. The molecule has 3 heterocycles. The Morgan fingerprint density at radius 2 is 1.82 bits per heavy atom. The van der Waals surface area contributed by atoms with Crippen molar-refractivity contribution < 1.29 is 18.3 Å². The number of amides is 1. The van der Waals surface area contributed by atoms with Crippen molar-refractivity contribution in [1.29, 1.82) is 0 Å². The van der Waals surface area contributed by atoms with Crippen LogP contribution in [0.5, 0.6) is 0 Å². The van der Waals surface area contributed by atoms with Gasteiger partial charge in [0.05, 0.1) is 25.5 Å². The number of piperazine rings is 1. The number of oxazole rings is 1. The summed E-state index contributed by atoms with van der Waals surface area (Å²) in [7, 11) is 0. The van der Waals surface area contributed by atoms with Gasteiger partial charge in [-0.25, -0.2) is 9.37 Å². The van der Waals surface area contributed by atoms with E-state index in [-0.39, 0.29) is 11.7 Å². The Morgan fingerprint density at radius 1 is 1.07 bits per heavy atom. The van der Waals surface area contributed by atoms with Crippen LogP contribution in [-0.4, -0.2) is 84.6 Å². The first-order chi connectivity index (χ1) is 13.7. The number of aromatic nitrogens is 1. The monoisotopic (exact) mass is 388 g/mol. The highest BCUT2D eigenvalue weighted by Gasteiger charge is 2.23. The van der Waals surface area contributed by atoms with Gasteiger partial charge in [0, 0.05) is 51.4 Å². The predicted molar refractivity (Wildman–Crippen MR) is 101 cm³/mol. The van der Waals surface area contributed by atoms with Crippen molar-refractivity contribution in [2.24, 2.45) is 0 Å². The number of hydrogen-bond donors (Lipinski definition) is 0. The number of carbonyl (C=O) groups is 1. The van der Waals surface area contributed by atoms with Gasteiger partial charge in [0.25, 0.3) is 0 Å². The lowest BCUT2D eigenvalue weighted by atomic mass is 10.2. The third-order valence-electron chi connectivity index (χ3n) is 5.20. The van der Waals surface area contributed by atoms with Crippen molar-refractivity contribution in [2.45, 2.75) is 6.54 Å². The van der Waals surface area contributed by atoms with Crippen molar-refractivity contribution in [3.05, 3.63) is 42.0 Å². The SMILES string of the molecule is O=C(CN1CCN(Cc2coc(-c3cccc(F)c3)n2)CC1)N1CCOCC1. The van der Waals surface area contributed by atoms with E-state index in [9.17, 15) is 9.18 Å². The van der Waals surface area contributed by atoms with Crippen LogP contribution in [0, 0.1) is 5.82 Å². The zero-order valence-electron chi connectivity index (χ0n) is 15.8. The third-order valence-corrected chi connectivity index (χ3v) is 5.20. The number of halogens is 1. The van der Waals surface area contributed by atoms with Gasteiger partial charge >= 0.3 is 0 Å². The van der Waals surface area contributed by atoms with E-state index in [4.69, 9.17) is 9.15 Å². The first-order valence-corrected chi connectivity index (χ1v) is 9.68. The first kappa shape index (κ1) is 19.0. The average molecular weight is 388 g/mol. The minimum atomic E-state index is -0.306. The summed E-state index contributed by atoms with van der Waals surface area (Å²) in [4.78, 5) is 23.2. The molecule has 28 heavy (non-hydrogen) atoms. The summed E-state index contributed by atoms with van der Waals surface area (Å²) in [5.74, 6) is 0.317. The van der Waals surface area contributed by atoms with Crippen molar-refractivity contribution >= 4 is 5.91 Å². The maximum atomic E-state index is 13.4. The van der Waals surface area contributed by atoms with E-state index in [2.05, 4.69) is 14.8 Å². The van der Waals surface area contributed by atoms with Crippen LogP contribution in [0.2, 0.25) is 0 Å². The molecule has 0 unspecified atom stereocenters. The highest BCUT2D eigenvalue weighted by molar-refractivity contribution is 5.78. The number of carbonyl (C=O) groups excluding carboxylic acids is 1. The highest BCUT2D eigenvalue weighted by Crippen LogP contribution is 2.20. The fraction of sp³-hybridized carbons (Fsp3) is 0.500. The maximum absolute atomic E-state index is 13.4. The van der Waals surface area contributed by atoms with E-state index in [0.29, 0.717) is 50.8 Å². The molecule has 0 N–H and O–H groups in total. The molecule has 2 aromatic rings. The fourth-order valence-corrected chi connectivity index (χ4v) is 3.57. The van der Waals surface area contributed by atoms with Crippen molar-refractivity contribution in [2.75, 3.05) is 59.0 Å². The lowest BCUT2D eigenvalue weighted by Crippen LogP contribution is -2.51. The van der Waals surface area contributed by atoms with Crippen molar-refractivity contribution in [3.63, 3.8) is 0 Å². The average Bonchev–Trinajstić information content (AvgIpc) is 3.19. The van der Waals surface area contributed by atoms with Gasteiger partial charge in [-0.3, -0.25) is 14.6 Å². The van der Waals surface area contributed by atoms with Crippen LogP contribution in [-0.2, 0) is 16.1 Å². The Kier molecular flexibility index (Phi) is 5.99. The highest BCUT2D eigenvalue weighted by atomic mass is 19.1. The summed E-state index contributed by atoms with van der Waals surface area (Å²) >= 11 is 0. The molecular weight excluding hydrogens is 363 g/mol. The van der Waals surface area contributed by atoms with Gasteiger partial charge in [0.15, 0.2) is 0 Å². The van der Waals surface area contributed by atoms with E-state index in [1.807, 2.05) is 4.90 Å². The molecule has 0 radical (unpaired) electrons. The Hall–Kier alpha value is -2.29. The zero-order chi connectivity index (χ0) is 19.3. The van der Waals surface area contributed by atoms with Crippen LogP contribution >= 0.6 is 0 Å². The number of morpholine rings is 1. The molecule has 150 valence electrons. The molecule has 0 spiro atoms. The summed E-state index contributed by atoms with van der Waals surface area (Å²) in [6, 6.07) is 6.24. The topological polar surface area (TPSA) is 62.1 Å². The van der Waals surface area contributed by atoms with Crippen molar-refractivity contribution in [3.8, 4) is 11.5 Å². The normalized spacial score (nSPS) is 19.1. The summed E-state index contributed by atoms with van der Waals surface area (Å²) in [6.45, 7) is 7.26. The molecule has 2 aliphatic rings. The molecule has 8 heteroatoms. The van der Waals surface area contributed by atoms with Crippen LogP contribution in [0.4, 0.5) is 4.39 Å². The minimum absolute atomic E-state index is 0.188. The molecule has 0 bridgehead atoms. The van der Waals surface area contributed by atoms with Gasteiger partial charge in [-0.05, 0) is 18.2 Å². The molecule has 2 aliphatic heterocycles. The molecule has 0 saturated carbocycles. The summed E-state index contributed by atoms with van der Waals surface area (Å²) in [5, 5.41) is 0. The Morgan fingerprint density at radius 3 is 2.57 bits per heavy atom. The van der Waals surface area contributed by atoms with Crippen LogP contribution in [0.1, 0.15) is 5.69 Å². The van der Waals surface area contributed by atoms with E-state index in [1.165, 1.54) is 12.1 Å². The van der Waals surface area contributed by atoms with Gasteiger partial charge in [-0.15, -0.1) is 0 Å². The standard InChI is InChI=1S/C20H25FN4O3/c21-17-3-1-2-16(12-17)20-22-18(15-28-20)13-23-4-6-24(7-5-23)14-19(26)25-8-10-27-11-9-25/h1-3,12,15H,4-11,13-14H2. The summed E-state index contributed by atoms with van der Waals surface area (Å²) in [5.41, 5.74) is 1.47. The lowest BCUT2D eigenvalue weighted by molar-refractivity contribution is -0.136. The number of nitrogens with zero attached hydrogens (tertiary/aromatic N) is 4. The third kappa shape index (κ3) is 4.76. The van der Waals surface area contributed by atoms with Crippen LogP contribution in [0.25, 0.3) is 11.5 Å². The molecule has 0 aliphatic carbocycles. The van der Waals surface area contributed by atoms with E-state index in [0.717, 1.165) is 31.9 Å². The Balaban J connectivity index is 1.25. The number of ether oxygens (including phenoxy) is 1. The van der Waals surface area contributed by atoms with Gasteiger partial charge in [0.2, 0.25) is 11.8 Å².